The summed E-state index contributed by atoms with van der Waals surface area (Å²) in [6, 6.07) is 14.0. The number of carbonyl (C=O) groups is 1. The van der Waals surface area contributed by atoms with Crippen LogP contribution in [-0.4, -0.2) is 34.9 Å². The number of hydrogen-bond donors (Lipinski definition) is 4. The number of amides is 1. The Hall–Kier alpha value is -3.34. The smallest absolute Gasteiger partial charge is 0.269 e. The van der Waals surface area contributed by atoms with Crippen molar-refractivity contribution < 1.29 is 27.0 Å². The molecule has 0 bridgehead atoms. The first-order valence-electron chi connectivity index (χ1n) is 9.24. The van der Waals surface area contributed by atoms with Crippen molar-refractivity contribution in [3.05, 3.63) is 65.2 Å². The molecule has 0 aliphatic carbocycles. The van der Waals surface area contributed by atoms with E-state index in [1.807, 2.05) is 13.0 Å². The zero-order valence-electron chi connectivity index (χ0n) is 17.5. The molecule has 2 rings (SSSR count). The van der Waals surface area contributed by atoms with Crippen molar-refractivity contribution in [3.63, 3.8) is 0 Å². The summed E-state index contributed by atoms with van der Waals surface area (Å²) < 4.78 is 40.4. The number of nitrogens with one attached hydrogen (secondary N) is 2. The highest BCUT2D eigenvalue weighted by Crippen LogP contribution is 2.18. The van der Waals surface area contributed by atoms with Gasteiger partial charge in [0.25, 0.3) is 1.45 Å². The molecule has 2 aromatic carbocycles. The van der Waals surface area contributed by atoms with Crippen LogP contribution < -0.4 is 21.5 Å². The van der Waals surface area contributed by atoms with Gasteiger partial charge in [0.1, 0.15) is 6.61 Å². The zero-order valence-corrected chi connectivity index (χ0v) is 17.3. The van der Waals surface area contributed by atoms with E-state index in [0.29, 0.717) is 16.8 Å². The van der Waals surface area contributed by atoms with E-state index in [1.54, 1.807) is 42.5 Å². The second-order valence-corrected chi connectivity index (χ2v) is 8.09. The van der Waals surface area contributed by atoms with Gasteiger partial charge in [-0.3, -0.25) is 14.2 Å². The summed E-state index contributed by atoms with van der Waals surface area (Å²) in [5, 5.41) is 6.03. The molecule has 0 fully saturated rings. The van der Waals surface area contributed by atoms with E-state index in [1.165, 1.54) is 0 Å². The molecule has 178 valence electrons. The van der Waals surface area contributed by atoms with E-state index < -0.39 is 10.0 Å². The van der Waals surface area contributed by atoms with Gasteiger partial charge in [-0.25, -0.2) is 8.42 Å². The minimum Gasteiger partial charge on any atom is -0.391 e. The minimum atomic E-state index is -3.57. The molecule has 0 aromatic heterocycles. The fraction of sp³-hybridized carbons (Fsp3) is 0.300. The Morgan fingerprint density at radius 2 is 1.90 bits per heavy atom. The second kappa shape index (κ2) is 13.1. The summed E-state index contributed by atoms with van der Waals surface area (Å²) in [5.74, 6) is -0.558. The van der Waals surface area contributed by atoms with Crippen LogP contribution in [0.1, 0.15) is 28.4 Å². The number of nitrogens with two attached hydrogens (primary N) is 2. The van der Waals surface area contributed by atoms with Gasteiger partial charge in [-0.2, -0.15) is 0 Å². The molecular weight excluding hydrogens is 425 g/mol. The second-order valence-electron chi connectivity index (χ2n) is 6.36. The van der Waals surface area contributed by atoms with Crippen LogP contribution in [0.5, 0.6) is 0 Å². The Kier molecular flexibility index (Phi) is 10.8. The Labute approximate surface area is 188 Å². The highest BCUT2D eigenvalue weighted by molar-refractivity contribution is 7.91. The number of carbonyl (C=O) groups excluding carboxylic acids is 1. The monoisotopic (exact) mass is 463 g/mol. The van der Waals surface area contributed by atoms with E-state index >= 15 is 0 Å². The highest BCUT2D eigenvalue weighted by Gasteiger charge is 2.13. The van der Waals surface area contributed by atoms with Gasteiger partial charge in [0.05, 0.1) is 18.7 Å². The largest absolute Gasteiger partial charge is 0.391 e. The SMILES string of the molecule is C.Cc1ccc(NS(=O)(=O)Cc2ccccc2)cc1CC(=O)NCCON=C(N)N.[3H]F.[HH].[HH].[HH]. The summed E-state index contributed by atoms with van der Waals surface area (Å²) in [7, 11) is -3.57. The van der Waals surface area contributed by atoms with E-state index in [9.17, 15) is 13.2 Å². The first-order chi connectivity index (χ1) is 14.7. The van der Waals surface area contributed by atoms with E-state index in [-0.39, 0.29) is 48.9 Å². The molecule has 0 atom stereocenters. The average molecular weight is 464 g/mol. The van der Waals surface area contributed by atoms with E-state index in [2.05, 4.69) is 16.6 Å². The summed E-state index contributed by atoms with van der Waals surface area (Å²) in [4.78, 5) is 16.9. The number of guanidine groups is 1. The number of rotatable bonds is 10. The van der Waals surface area contributed by atoms with Gasteiger partial charge < -0.3 is 21.6 Å². The zero-order chi connectivity index (χ0) is 23.3. The Bertz CT molecular complexity index is 983. The van der Waals surface area contributed by atoms with Crippen LogP contribution in [0.3, 0.4) is 0 Å². The van der Waals surface area contributed by atoms with Crippen molar-refractivity contribution in [2.75, 3.05) is 17.9 Å². The van der Waals surface area contributed by atoms with Gasteiger partial charge in [0.15, 0.2) is 0 Å². The fourth-order valence-electron chi connectivity index (χ4n) is 2.53. The Balaban J connectivity index is -0.000000780. The molecule has 0 saturated heterocycles. The molecule has 0 aliphatic rings. The Morgan fingerprint density at radius 1 is 1.23 bits per heavy atom. The molecule has 2 aromatic rings. The predicted molar refractivity (Wildman–Crippen MR) is 128 cm³/mol. The van der Waals surface area contributed by atoms with Crippen molar-refractivity contribution in [2.45, 2.75) is 26.5 Å². The number of anilines is 1. The number of sulfonamides is 1. The molecule has 0 saturated carbocycles. The molecule has 0 aliphatic heterocycles. The van der Waals surface area contributed by atoms with Crippen molar-refractivity contribution in [1.82, 2.24) is 5.32 Å². The third kappa shape index (κ3) is 10.3. The van der Waals surface area contributed by atoms with E-state index in [4.69, 9.17) is 21.0 Å². The lowest BCUT2D eigenvalue weighted by Crippen LogP contribution is -2.29. The quantitative estimate of drug-likeness (QED) is 0.184. The number of benzene rings is 2. The first-order valence-corrected chi connectivity index (χ1v) is 10.5. The maximum absolute atomic E-state index is 12.4. The standard InChI is InChI=1S/C19H25N5O4S.CH4.FH.3H2/c1-14-7-8-17(24-29(26,27)13-15-5-3-2-4-6-15)11-16(14)12-18(25)22-9-10-28-23-19(20)21;;;;;/h2-8,11,24H,9-10,12-13H2,1H3,(H,22,25)(H4,20,21,23);1H4;4*1H/i/hT. The van der Waals surface area contributed by atoms with Gasteiger partial charge in [-0.05, 0) is 40.9 Å². The summed E-state index contributed by atoms with van der Waals surface area (Å²) >= 11 is 0. The van der Waals surface area contributed by atoms with Crippen molar-refractivity contribution in [2.24, 2.45) is 16.6 Å². The van der Waals surface area contributed by atoms with Crippen LogP contribution in [0.4, 0.5) is 10.4 Å². The maximum Gasteiger partial charge on any atom is 0.269 e. The number of hydrogen-bond acceptors (Lipinski definition) is 5. The molecule has 1 amide bonds. The van der Waals surface area contributed by atoms with Crippen LogP contribution in [0.15, 0.2) is 53.7 Å². The third-order valence-corrected chi connectivity index (χ3v) is 5.12. The summed E-state index contributed by atoms with van der Waals surface area (Å²) in [6.45, 7) is 2.21. The lowest BCUT2D eigenvalue weighted by molar-refractivity contribution is -0.120. The summed E-state index contributed by atoms with van der Waals surface area (Å²) in [5.41, 5.74) is 12.9. The van der Waals surface area contributed by atoms with Gasteiger partial charge in [-0.15, -0.1) is 0 Å². The number of oxime groups is 1. The molecule has 31 heavy (non-hydrogen) atoms. The molecule has 0 spiro atoms. The fourth-order valence-corrected chi connectivity index (χ4v) is 3.72. The van der Waals surface area contributed by atoms with Crippen LogP contribution in [0.25, 0.3) is 0 Å². The van der Waals surface area contributed by atoms with Gasteiger partial charge in [0, 0.05) is 9.97 Å². The van der Waals surface area contributed by atoms with Gasteiger partial charge in [-0.1, -0.05) is 43.8 Å². The van der Waals surface area contributed by atoms with Gasteiger partial charge >= 0.3 is 0 Å². The van der Waals surface area contributed by atoms with Crippen LogP contribution in [0, 0.1) is 6.92 Å². The molecule has 9 nitrogen and oxygen atoms in total. The number of halogens is 1. The van der Waals surface area contributed by atoms with Crippen molar-refractivity contribution in [1.29, 1.82) is 1.45 Å². The molecule has 11 heteroatoms. The minimum absolute atomic E-state index is 0. The predicted octanol–water partition coefficient (Wildman–Crippen LogP) is 2.33. The highest BCUT2D eigenvalue weighted by atomic mass is 32.2. The third-order valence-electron chi connectivity index (χ3n) is 3.86. The molecular formula is C20H36FN5O4S. The summed E-state index contributed by atoms with van der Waals surface area (Å²) in [6.07, 6.45) is 0.0996. The van der Waals surface area contributed by atoms with Crippen molar-refractivity contribution >= 4 is 27.6 Å². The molecule has 6 N–H and O–H groups in total. The molecule has 0 radical (unpaired) electrons. The van der Waals surface area contributed by atoms with Crippen LogP contribution in [-0.2, 0) is 31.8 Å². The van der Waals surface area contributed by atoms with Crippen molar-refractivity contribution in [3.8, 4) is 0 Å². The first kappa shape index (κ1) is 25.7. The Morgan fingerprint density at radius 3 is 2.55 bits per heavy atom. The maximum atomic E-state index is 12.4. The van der Waals surface area contributed by atoms with E-state index in [0.717, 1.165) is 5.56 Å². The van der Waals surface area contributed by atoms with Crippen LogP contribution in [0.2, 0.25) is 0 Å². The average Bonchev–Trinajstić information content (AvgIpc) is 2.71. The van der Waals surface area contributed by atoms with Crippen LogP contribution >= 0.6 is 0 Å². The topological polar surface area (TPSA) is 149 Å². The van der Waals surface area contributed by atoms with Gasteiger partial charge in [0.2, 0.25) is 21.9 Å². The molecule has 0 unspecified atom stereocenters. The number of aryl methyl sites for hydroxylation is 1. The molecule has 0 heterocycles. The lowest BCUT2D eigenvalue weighted by atomic mass is 10.0. The number of nitrogens with zero attached hydrogens (tertiary/aromatic N) is 1. The lowest BCUT2D eigenvalue weighted by Gasteiger charge is -2.12. The normalized spacial score (nSPS) is 10.3.